The summed E-state index contributed by atoms with van der Waals surface area (Å²) in [4.78, 5) is 29.4. The van der Waals surface area contributed by atoms with E-state index >= 15 is 0 Å². The van der Waals surface area contributed by atoms with Gasteiger partial charge in [-0.1, -0.05) is 55.8 Å². The van der Waals surface area contributed by atoms with E-state index in [1.165, 1.54) is 0 Å². The summed E-state index contributed by atoms with van der Waals surface area (Å²) in [5.74, 6) is -0.735. The number of ether oxygens (including phenoxy) is 1. The average Bonchev–Trinajstić information content (AvgIpc) is 3.03. The Labute approximate surface area is 183 Å². The Morgan fingerprint density at radius 2 is 1.84 bits per heavy atom. The number of unbranched alkanes of at least 4 members (excludes halogenated alkanes) is 1. The number of aliphatic hydroxyl groups is 1. The van der Waals surface area contributed by atoms with Gasteiger partial charge in [0.2, 0.25) is 0 Å². The molecule has 1 fully saturated rings. The monoisotopic (exact) mass is 422 g/mol. The molecule has 1 unspecified atom stereocenters. The Bertz CT molecular complexity index is 953. The maximum Gasteiger partial charge on any atom is 0.295 e. The molecule has 2 aromatic carbocycles. The highest BCUT2D eigenvalue weighted by Crippen LogP contribution is 2.40. The van der Waals surface area contributed by atoms with Crippen molar-refractivity contribution in [2.45, 2.75) is 25.8 Å². The molecule has 1 N–H and O–H groups in total. The van der Waals surface area contributed by atoms with Gasteiger partial charge < -0.3 is 19.6 Å². The number of amides is 1. The Balaban J connectivity index is 2.06. The van der Waals surface area contributed by atoms with Crippen LogP contribution >= 0.6 is 0 Å². The fourth-order valence-electron chi connectivity index (χ4n) is 3.63. The molecule has 164 valence electrons. The second-order valence-corrected chi connectivity index (χ2v) is 7.94. The maximum absolute atomic E-state index is 13.0. The van der Waals surface area contributed by atoms with Crippen molar-refractivity contribution >= 4 is 17.4 Å². The van der Waals surface area contributed by atoms with Crippen molar-refractivity contribution in [3.8, 4) is 5.75 Å². The smallest absolute Gasteiger partial charge is 0.295 e. The Kier molecular flexibility index (Phi) is 7.47. The van der Waals surface area contributed by atoms with E-state index < -0.39 is 17.7 Å². The molecule has 2 aromatic rings. The van der Waals surface area contributed by atoms with E-state index in [4.69, 9.17) is 4.74 Å². The summed E-state index contributed by atoms with van der Waals surface area (Å²) < 4.78 is 5.84. The summed E-state index contributed by atoms with van der Waals surface area (Å²) in [6, 6.07) is 15.6. The molecule has 3 rings (SSSR count). The van der Waals surface area contributed by atoms with Crippen molar-refractivity contribution in [1.29, 1.82) is 0 Å². The van der Waals surface area contributed by atoms with E-state index in [9.17, 15) is 14.7 Å². The lowest BCUT2D eigenvalue weighted by Crippen LogP contribution is -2.35. The van der Waals surface area contributed by atoms with Gasteiger partial charge >= 0.3 is 0 Å². The van der Waals surface area contributed by atoms with E-state index in [1.54, 1.807) is 29.2 Å². The normalized spacial score (nSPS) is 18.1. The molecule has 1 heterocycles. The zero-order valence-electron chi connectivity index (χ0n) is 18.4. The predicted octanol–water partition coefficient (Wildman–Crippen LogP) is 3.85. The van der Waals surface area contributed by atoms with Gasteiger partial charge in [-0.05, 0) is 38.2 Å². The highest BCUT2D eigenvalue weighted by Gasteiger charge is 2.45. The van der Waals surface area contributed by atoms with Gasteiger partial charge in [-0.25, -0.2) is 0 Å². The number of aliphatic hydroxyl groups excluding tert-OH is 1. The van der Waals surface area contributed by atoms with Gasteiger partial charge in [0.15, 0.2) is 0 Å². The first-order chi connectivity index (χ1) is 14.9. The maximum atomic E-state index is 13.0. The Morgan fingerprint density at radius 1 is 1.10 bits per heavy atom. The molecule has 0 spiro atoms. The lowest BCUT2D eigenvalue weighted by atomic mass is 9.95. The van der Waals surface area contributed by atoms with Crippen molar-refractivity contribution < 1.29 is 19.4 Å². The number of carbonyl (C=O) groups excluding carboxylic acids is 2. The summed E-state index contributed by atoms with van der Waals surface area (Å²) in [6.45, 7) is 3.67. The van der Waals surface area contributed by atoms with Gasteiger partial charge in [-0.2, -0.15) is 0 Å². The zero-order valence-corrected chi connectivity index (χ0v) is 18.4. The molecular weight excluding hydrogens is 392 g/mol. The van der Waals surface area contributed by atoms with E-state index in [2.05, 4.69) is 6.92 Å². The largest absolute Gasteiger partial charge is 0.507 e. The number of rotatable bonds is 9. The minimum absolute atomic E-state index is 0.112. The van der Waals surface area contributed by atoms with Crippen molar-refractivity contribution in [3.05, 3.63) is 71.3 Å². The number of nitrogens with zero attached hydrogens (tertiary/aromatic N) is 2. The number of ketones is 1. The quantitative estimate of drug-likeness (QED) is 0.288. The van der Waals surface area contributed by atoms with Crippen LogP contribution in [0.15, 0.2) is 60.2 Å². The zero-order chi connectivity index (χ0) is 22.4. The summed E-state index contributed by atoms with van der Waals surface area (Å²) in [5.41, 5.74) is 1.36. The van der Waals surface area contributed by atoms with Crippen molar-refractivity contribution in [3.63, 3.8) is 0 Å². The van der Waals surface area contributed by atoms with Gasteiger partial charge in [-0.15, -0.1) is 0 Å². The van der Waals surface area contributed by atoms with Gasteiger partial charge in [0.05, 0.1) is 18.2 Å². The molecule has 0 aromatic heterocycles. The van der Waals surface area contributed by atoms with Crippen molar-refractivity contribution in [2.75, 3.05) is 33.8 Å². The van der Waals surface area contributed by atoms with E-state index in [-0.39, 0.29) is 11.3 Å². The highest BCUT2D eigenvalue weighted by atomic mass is 16.5. The Hall–Kier alpha value is -3.12. The lowest BCUT2D eigenvalue weighted by Gasteiger charge is -2.27. The fraction of sp³-hybridized carbons (Fsp3) is 0.360. The van der Waals surface area contributed by atoms with Crippen LogP contribution in [-0.2, 0) is 9.59 Å². The van der Waals surface area contributed by atoms with E-state index in [0.717, 1.165) is 18.4 Å². The highest BCUT2D eigenvalue weighted by molar-refractivity contribution is 6.46. The third-order valence-corrected chi connectivity index (χ3v) is 5.32. The number of carbonyl (C=O) groups is 2. The van der Waals surface area contributed by atoms with Gasteiger partial charge in [0.25, 0.3) is 11.7 Å². The summed E-state index contributed by atoms with van der Waals surface area (Å²) >= 11 is 0. The van der Waals surface area contributed by atoms with Crippen LogP contribution in [0.2, 0.25) is 0 Å². The van der Waals surface area contributed by atoms with Crippen LogP contribution in [-0.4, -0.2) is 60.4 Å². The summed E-state index contributed by atoms with van der Waals surface area (Å²) in [7, 11) is 3.83. The van der Waals surface area contributed by atoms with Crippen LogP contribution in [0.1, 0.15) is 36.9 Å². The molecule has 31 heavy (non-hydrogen) atoms. The van der Waals surface area contributed by atoms with Gasteiger partial charge in [-0.3, -0.25) is 9.59 Å². The van der Waals surface area contributed by atoms with E-state index in [1.807, 2.05) is 49.3 Å². The molecule has 0 saturated carbocycles. The minimum Gasteiger partial charge on any atom is -0.507 e. The van der Waals surface area contributed by atoms with Crippen LogP contribution in [0.5, 0.6) is 5.75 Å². The third kappa shape index (κ3) is 5.14. The molecule has 1 aliphatic rings. The standard InChI is InChI=1S/C25H30N2O4/c1-4-5-16-31-20-13-9-12-19(17-20)22-21(23(28)18-10-7-6-8-11-18)24(29)25(30)27(22)15-14-26(2)3/h6-13,17,22,28H,4-5,14-16H2,1-3H3/b23-21+. The van der Waals surface area contributed by atoms with Crippen LogP contribution in [0.25, 0.3) is 5.76 Å². The molecule has 1 aliphatic heterocycles. The number of hydrogen-bond donors (Lipinski definition) is 1. The number of hydrogen-bond acceptors (Lipinski definition) is 5. The molecule has 1 atom stereocenters. The molecule has 6 heteroatoms. The number of Topliss-reactive ketones (excluding diaryl/α,β-unsaturated/α-hetero) is 1. The van der Waals surface area contributed by atoms with Crippen LogP contribution in [0, 0.1) is 0 Å². The first-order valence-corrected chi connectivity index (χ1v) is 10.6. The first kappa shape index (κ1) is 22.6. The first-order valence-electron chi connectivity index (χ1n) is 10.6. The van der Waals surface area contributed by atoms with Crippen molar-refractivity contribution in [1.82, 2.24) is 9.80 Å². The van der Waals surface area contributed by atoms with Crippen molar-refractivity contribution in [2.24, 2.45) is 0 Å². The number of likely N-dealkylation sites (tertiary alicyclic amines) is 1. The second kappa shape index (κ2) is 10.3. The molecule has 1 saturated heterocycles. The summed E-state index contributed by atoms with van der Waals surface area (Å²) in [5, 5.41) is 11.0. The van der Waals surface area contributed by atoms with Gasteiger partial charge in [0.1, 0.15) is 11.5 Å². The van der Waals surface area contributed by atoms with E-state index in [0.29, 0.717) is 31.0 Å². The van der Waals surface area contributed by atoms with Crippen LogP contribution in [0.4, 0.5) is 0 Å². The fourth-order valence-corrected chi connectivity index (χ4v) is 3.63. The SMILES string of the molecule is CCCCOc1cccc(C2/C(=C(\O)c3ccccc3)C(=O)C(=O)N2CCN(C)C)c1. The van der Waals surface area contributed by atoms with Crippen LogP contribution < -0.4 is 4.74 Å². The van der Waals surface area contributed by atoms with Crippen LogP contribution in [0.3, 0.4) is 0 Å². The number of benzene rings is 2. The second-order valence-electron chi connectivity index (χ2n) is 7.94. The molecule has 0 radical (unpaired) electrons. The third-order valence-electron chi connectivity index (χ3n) is 5.32. The molecule has 0 bridgehead atoms. The molecular formula is C25H30N2O4. The minimum atomic E-state index is -0.671. The molecule has 0 aliphatic carbocycles. The van der Waals surface area contributed by atoms with Gasteiger partial charge in [0, 0.05) is 18.7 Å². The predicted molar refractivity (Wildman–Crippen MR) is 121 cm³/mol. The Morgan fingerprint density at radius 3 is 2.52 bits per heavy atom. The molecule has 6 nitrogen and oxygen atoms in total. The topological polar surface area (TPSA) is 70.1 Å². The number of likely N-dealkylation sites (N-methyl/N-ethyl adjacent to an activating group) is 1. The summed E-state index contributed by atoms with van der Waals surface area (Å²) in [6.07, 6.45) is 1.97. The lowest BCUT2D eigenvalue weighted by molar-refractivity contribution is -0.140. The average molecular weight is 423 g/mol. The molecule has 1 amide bonds.